The molecule has 0 aliphatic rings. The van der Waals surface area contributed by atoms with E-state index >= 15 is 0 Å². The molecule has 0 saturated heterocycles. The maximum Gasteiger partial charge on any atom is 0.234 e. The summed E-state index contributed by atoms with van der Waals surface area (Å²) >= 11 is 17.5. The Bertz CT molecular complexity index is 366. The molecule has 0 saturated carbocycles. The van der Waals surface area contributed by atoms with E-state index in [2.05, 4.69) is 16.9 Å². The second-order valence-electron chi connectivity index (χ2n) is 3.20. The third-order valence-corrected chi connectivity index (χ3v) is 2.22. The van der Waals surface area contributed by atoms with Crippen molar-refractivity contribution in [2.75, 3.05) is 0 Å². The Morgan fingerprint density at radius 3 is 2.53 bits per heavy atom. The molecule has 0 atom stereocenters. The Morgan fingerprint density at radius 1 is 1.53 bits per heavy atom. The molecule has 84 valence electrons. The second-order valence-corrected chi connectivity index (χ2v) is 5.48. The summed E-state index contributed by atoms with van der Waals surface area (Å²) in [7, 11) is 0. The van der Waals surface area contributed by atoms with Gasteiger partial charge in [0.15, 0.2) is 0 Å². The van der Waals surface area contributed by atoms with Gasteiger partial charge in [0.1, 0.15) is 11.4 Å². The molecule has 1 aromatic rings. The first-order valence-corrected chi connectivity index (χ1v) is 5.33. The molecular weight excluding hydrogens is 258 g/mol. The number of halogens is 3. The third kappa shape index (κ3) is 3.08. The molecule has 15 heavy (non-hydrogen) atoms. The van der Waals surface area contributed by atoms with E-state index in [1.807, 2.05) is 6.92 Å². The van der Waals surface area contributed by atoms with Crippen LogP contribution in [0.3, 0.4) is 0 Å². The Morgan fingerprint density at radius 2 is 2.13 bits per heavy atom. The summed E-state index contributed by atoms with van der Waals surface area (Å²) in [5, 5.41) is 7.71. The predicted octanol–water partition coefficient (Wildman–Crippen LogP) is 2.14. The highest BCUT2D eigenvalue weighted by atomic mass is 35.6. The first kappa shape index (κ1) is 12.8. The smallest absolute Gasteiger partial charge is 0.234 e. The average molecular weight is 270 g/mol. The van der Waals surface area contributed by atoms with Gasteiger partial charge in [0.25, 0.3) is 0 Å². The van der Waals surface area contributed by atoms with Gasteiger partial charge in [-0.3, -0.25) is 0 Å². The number of rotatable bonds is 3. The summed E-state index contributed by atoms with van der Waals surface area (Å²) in [6.45, 7) is 6.25. The van der Waals surface area contributed by atoms with Gasteiger partial charge in [0.2, 0.25) is 3.79 Å². The van der Waals surface area contributed by atoms with Crippen molar-refractivity contribution >= 4 is 34.8 Å². The summed E-state index contributed by atoms with van der Waals surface area (Å²) in [6, 6.07) is 0. The number of hydrogen-bond acceptors (Lipinski definition) is 3. The first-order chi connectivity index (χ1) is 6.86. The van der Waals surface area contributed by atoms with Crippen LogP contribution in [-0.4, -0.2) is 15.0 Å². The lowest BCUT2D eigenvalue weighted by molar-refractivity contribution is 0.617. The van der Waals surface area contributed by atoms with Crippen molar-refractivity contribution in [1.82, 2.24) is 15.0 Å². The lowest BCUT2D eigenvalue weighted by Crippen LogP contribution is -2.15. The van der Waals surface area contributed by atoms with Crippen LogP contribution in [0.2, 0.25) is 0 Å². The number of allylic oxidation sites excluding steroid dienone is 1. The SMILES string of the molecule is C=C(C)Cn1nnc(CN)c1C(Cl)(Cl)Cl. The molecule has 0 aromatic carbocycles. The zero-order chi connectivity index (χ0) is 11.6. The molecule has 0 aliphatic carbocycles. The summed E-state index contributed by atoms with van der Waals surface area (Å²) in [5.74, 6) is 0. The quantitative estimate of drug-likeness (QED) is 0.675. The maximum absolute atomic E-state index is 5.82. The van der Waals surface area contributed by atoms with Crippen molar-refractivity contribution in [2.45, 2.75) is 23.8 Å². The molecule has 4 nitrogen and oxygen atoms in total. The molecule has 0 spiro atoms. The molecule has 0 amide bonds. The standard InChI is InChI=1S/C8H11Cl3N4/c1-5(2)4-15-7(8(9,10)11)6(3-12)13-14-15/h1,3-4,12H2,2H3. The largest absolute Gasteiger partial charge is 0.325 e. The van der Waals surface area contributed by atoms with Gasteiger partial charge in [0, 0.05) is 6.54 Å². The van der Waals surface area contributed by atoms with E-state index in [1.54, 1.807) is 0 Å². The third-order valence-electron chi connectivity index (χ3n) is 1.69. The van der Waals surface area contributed by atoms with Gasteiger partial charge in [-0.05, 0) is 6.92 Å². The van der Waals surface area contributed by atoms with Gasteiger partial charge in [-0.15, -0.1) is 5.10 Å². The first-order valence-electron chi connectivity index (χ1n) is 4.20. The van der Waals surface area contributed by atoms with Crippen molar-refractivity contribution in [3.63, 3.8) is 0 Å². The lowest BCUT2D eigenvalue weighted by atomic mass is 10.3. The summed E-state index contributed by atoms with van der Waals surface area (Å²) in [6.07, 6.45) is 0. The monoisotopic (exact) mass is 268 g/mol. The van der Waals surface area contributed by atoms with E-state index in [1.165, 1.54) is 4.68 Å². The zero-order valence-electron chi connectivity index (χ0n) is 8.17. The van der Waals surface area contributed by atoms with E-state index in [9.17, 15) is 0 Å². The van der Waals surface area contributed by atoms with Crippen LogP contribution >= 0.6 is 34.8 Å². The minimum atomic E-state index is -1.58. The minimum absolute atomic E-state index is 0.180. The molecule has 0 bridgehead atoms. The Labute approximate surface area is 103 Å². The molecule has 1 heterocycles. The van der Waals surface area contributed by atoms with Gasteiger partial charge in [-0.25, -0.2) is 4.68 Å². The van der Waals surface area contributed by atoms with Crippen molar-refractivity contribution < 1.29 is 0 Å². The van der Waals surface area contributed by atoms with Crippen LogP contribution in [-0.2, 0) is 16.9 Å². The Balaban J connectivity index is 3.17. The van der Waals surface area contributed by atoms with Crippen molar-refractivity contribution in [3.8, 4) is 0 Å². The highest BCUT2D eigenvalue weighted by molar-refractivity contribution is 6.66. The van der Waals surface area contributed by atoms with Gasteiger partial charge in [0.05, 0.1) is 6.54 Å². The van der Waals surface area contributed by atoms with Crippen molar-refractivity contribution in [2.24, 2.45) is 5.73 Å². The summed E-state index contributed by atoms with van der Waals surface area (Å²) in [4.78, 5) is 0. The van der Waals surface area contributed by atoms with Gasteiger partial charge in [-0.1, -0.05) is 52.2 Å². The Hall–Kier alpha value is -0.290. The number of nitrogens with zero attached hydrogens (tertiary/aromatic N) is 3. The van der Waals surface area contributed by atoms with E-state index in [0.29, 0.717) is 17.9 Å². The van der Waals surface area contributed by atoms with Crippen LogP contribution in [0.25, 0.3) is 0 Å². The average Bonchev–Trinajstić information content (AvgIpc) is 2.45. The highest BCUT2D eigenvalue weighted by Crippen LogP contribution is 2.39. The molecule has 7 heteroatoms. The van der Waals surface area contributed by atoms with E-state index < -0.39 is 3.79 Å². The molecular formula is C8H11Cl3N4. The molecule has 1 aromatic heterocycles. The predicted molar refractivity (Wildman–Crippen MR) is 62.0 cm³/mol. The highest BCUT2D eigenvalue weighted by Gasteiger charge is 2.31. The van der Waals surface area contributed by atoms with Gasteiger partial charge in [-0.2, -0.15) is 0 Å². The van der Waals surface area contributed by atoms with Crippen molar-refractivity contribution in [3.05, 3.63) is 23.5 Å². The molecule has 0 unspecified atom stereocenters. The van der Waals surface area contributed by atoms with Crippen LogP contribution in [0.5, 0.6) is 0 Å². The lowest BCUT2D eigenvalue weighted by Gasteiger charge is -2.14. The fraction of sp³-hybridized carbons (Fsp3) is 0.500. The number of nitrogens with two attached hydrogens (primary N) is 1. The second kappa shape index (κ2) is 4.70. The normalized spacial score (nSPS) is 11.8. The molecule has 2 N–H and O–H groups in total. The number of hydrogen-bond donors (Lipinski definition) is 1. The zero-order valence-corrected chi connectivity index (χ0v) is 10.4. The minimum Gasteiger partial charge on any atom is -0.325 e. The molecule has 0 aliphatic heterocycles. The van der Waals surface area contributed by atoms with Crippen LogP contribution < -0.4 is 5.73 Å². The maximum atomic E-state index is 5.82. The topological polar surface area (TPSA) is 56.7 Å². The molecule has 1 rings (SSSR count). The summed E-state index contributed by atoms with van der Waals surface area (Å²) < 4.78 is -0.0782. The van der Waals surface area contributed by atoms with Crippen LogP contribution in [0, 0.1) is 0 Å². The Kier molecular flexibility index (Phi) is 4.00. The number of aromatic nitrogens is 3. The van der Waals surface area contributed by atoms with E-state index in [-0.39, 0.29) is 6.54 Å². The van der Waals surface area contributed by atoms with Gasteiger partial charge >= 0.3 is 0 Å². The molecule has 0 radical (unpaired) electrons. The fourth-order valence-corrected chi connectivity index (χ4v) is 1.78. The van der Waals surface area contributed by atoms with Gasteiger partial charge < -0.3 is 5.73 Å². The molecule has 0 fully saturated rings. The van der Waals surface area contributed by atoms with Crippen LogP contribution in [0.15, 0.2) is 12.2 Å². The van der Waals surface area contributed by atoms with Crippen molar-refractivity contribution in [1.29, 1.82) is 0 Å². The van der Waals surface area contributed by atoms with E-state index in [4.69, 9.17) is 40.5 Å². The van der Waals surface area contributed by atoms with Crippen LogP contribution in [0.4, 0.5) is 0 Å². The fourth-order valence-electron chi connectivity index (χ4n) is 1.16. The van der Waals surface area contributed by atoms with E-state index in [0.717, 1.165) is 5.57 Å². The summed E-state index contributed by atoms with van der Waals surface area (Å²) in [5.41, 5.74) is 7.25. The van der Waals surface area contributed by atoms with Crippen LogP contribution in [0.1, 0.15) is 18.3 Å². The number of alkyl halides is 3.